The molecule has 0 aromatic heterocycles. The van der Waals surface area contributed by atoms with Gasteiger partial charge in [0.15, 0.2) is 11.6 Å². The lowest BCUT2D eigenvalue weighted by Crippen LogP contribution is -2.51. The van der Waals surface area contributed by atoms with Crippen molar-refractivity contribution in [3.63, 3.8) is 0 Å². The van der Waals surface area contributed by atoms with Crippen molar-refractivity contribution < 1.29 is 14.4 Å². The molecule has 3 heterocycles. The van der Waals surface area contributed by atoms with E-state index in [9.17, 15) is 14.4 Å². The number of rotatable bonds is 3. The number of halogens is 2. The largest absolute Gasteiger partial charge is 0.352 e. The van der Waals surface area contributed by atoms with Crippen LogP contribution in [0.25, 0.3) is 6.08 Å². The summed E-state index contributed by atoms with van der Waals surface area (Å²) in [6.07, 6.45) is 3.90. The van der Waals surface area contributed by atoms with Gasteiger partial charge in [-0.05, 0) is 47.5 Å². The zero-order chi connectivity index (χ0) is 27.0. The van der Waals surface area contributed by atoms with E-state index in [2.05, 4.69) is 21.2 Å². The fourth-order valence-corrected chi connectivity index (χ4v) is 6.83. The predicted octanol–water partition coefficient (Wildman–Crippen LogP) is 6.69. The quantitative estimate of drug-likeness (QED) is 0.346. The first-order chi connectivity index (χ1) is 18.0. The van der Waals surface area contributed by atoms with Gasteiger partial charge in [0, 0.05) is 31.8 Å². The average molecular weight is 590 g/mol. The van der Waals surface area contributed by atoms with Crippen LogP contribution in [0.5, 0.6) is 0 Å². The second-order valence-corrected chi connectivity index (χ2v) is 12.5. The molecule has 0 unspecified atom stereocenters. The smallest absolute Gasteiger partial charge is 0.238 e. The summed E-state index contributed by atoms with van der Waals surface area (Å²) in [5.41, 5.74) is 1.43. The van der Waals surface area contributed by atoms with E-state index < -0.39 is 28.8 Å². The minimum Gasteiger partial charge on any atom is -0.352 e. The number of hydrogen-bond donors (Lipinski definition) is 1. The highest BCUT2D eigenvalue weighted by Crippen LogP contribution is 2.58. The maximum Gasteiger partial charge on any atom is 0.238 e. The number of carbonyl (C=O) groups is 3. The van der Waals surface area contributed by atoms with Crippen LogP contribution in [0.2, 0.25) is 5.02 Å². The van der Waals surface area contributed by atoms with Gasteiger partial charge in [-0.25, -0.2) is 0 Å². The van der Waals surface area contributed by atoms with Crippen molar-refractivity contribution in [2.75, 3.05) is 10.2 Å². The Morgan fingerprint density at radius 3 is 2.45 bits per heavy atom. The zero-order valence-electron chi connectivity index (χ0n) is 21.2. The van der Waals surface area contributed by atoms with Crippen LogP contribution in [0.15, 0.2) is 77.3 Å². The number of nitrogens with zero attached hydrogens (tertiary/aromatic N) is 1. The SMILES string of the molecule is CC(C)(C)C(=O)[C@@H]1[C@H](C(=O)c2ccc(Br)cc2)[C@]2(C(=O)Nc3ccccc32)[C@@H]2C=Cc3cc(Cl)ccc3N12. The zero-order valence-corrected chi connectivity index (χ0v) is 23.5. The van der Waals surface area contributed by atoms with Gasteiger partial charge in [-0.1, -0.05) is 90.8 Å². The minimum atomic E-state index is -1.31. The van der Waals surface area contributed by atoms with Crippen molar-refractivity contribution in [2.45, 2.75) is 38.3 Å². The van der Waals surface area contributed by atoms with E-state index >= 15 is 0 Å². The summed E-state index contributed by atoms with van der Waals surface area (Å²) in [6.45, 7) is 5.59. The standard InChI is InChI=1S/C31H26BrClN2O3/c1-30(2,3)28(37)26-25(27(36)17-8-11-19(32)12-9-17)31(21-6-4-5-7-22(21)34-29(31)38)24-15-10-18-16-20(33)13-14-23(18)35(24)26/h4-16,24-26H,1-3H3,(H,34,38)/t24-,25+,26-,31+/m0/s1. The van der Waals surface area contributed by atoms with Crippen molar-refractivity contribution in [3.8, 4) is 0 Å². The van der Waals surface area contributed by atoms with E-state index in [0.717, 1.165) is 21.3 Å². The lowest BCUT2D eigenvalue weighted by Gasteiger charge is -2.38. The molecule has 38 heavy (non-hydrogen) atoms. The van der Waals surface area contributed by atoms with Crippen LogP contribution in [0.3, 0.4) is 0 Å². The Balaban J connectivity index is 1.68. The summed E-state index contributed by atoms with van der Waals surface area (Å²) in [6, 6.07) is 18.7. The van der Waals surface area contributed by atoms with E-state index in [1.54, 1.807) is 18.2 Å². The van der Waals surface area contributed by atoms with E-state index in [1.807, 2.05) is 86.4 Å². The van der Waals surface area contributed by atoms with Crippen LogP contribution in [0.1, 0.15) is 42.3 Å². The van der Waals surface area contributed by atoms with Crippen molar-refractivity contribution in [2.24, 2.45) is 11.3 Å². The number of para-hydroxylation sites is 1. The lowest BCUT2D eigenvalue weighted by atomic mass is 9.63. The molecule has 3 aliphatic rings. The third kappa shape index (κ3) is 3.46. The van der Waals surface area contributed by atoms with Gasteiger partial charge >= 0.3 is 0 Å². The number of amides is 1. The Bertz CT molecular complexity index is 1540. The molecule has 1 fully saturated rings. The number of anilines is 2. The van der Waals surface area contributed by atoms with Crippen LogP contribution >= 0.6 is 27.5 Å². The average Bonchev–Trinajstić information content (AvgIpc) is 3.35. The summed E-state index contributed by atoms with van der Waals surface area (Å²) in [5, 5.41) is 3.62. The third-order valence-corrected chi connectivity index (χ3v) is 8.78. The molecular weight excluding hydrogens is 564 g/mol. The minimum absolute atomic E-state index is 0.0942. The van der Waals surface area contributed by atoms with Crippen molar-refractivity contribution in [1.82, 2.24) is 0 Å². The van der Waals surface area contributed by atoms with Crippen LogP contribution < -0.4 is 10.2 Å². The second-order valence-electron chi connectivity index (χ2n) is 11.2. The molecule has 4 atom stereocenters. The normalized spacial score (nSPS) is 25.1. The fraction of sp³-hybridized carbons (Fsp3) is 0.258. The topological polar surface area (TPSA) is 66.5 Å². The molecule has 5 nitrogen and oxygen atoms in total. The maximum atomic E-state index is 14.6. The summed E-state index contributed by atoms with van der Waals surface area (Å²) in [5.74, 6) is -1.56. The molecule has 3 aliphatic heterocycles. The van der Waals surface area contributed by atoms with E-state index in [1.165, 1.54) is 0 Å². The molecular formula is C31H26BrClN2O3. The fourth-order valence-electron chi connectivity index (χ4n) is 6.39. The molecule has 7 heteroatoms. The Morgan fingerprint density at radius 1 is 1.03 bits per heavy atom. The summed E-state index contributed by atoms with van der Waals surface area (Å²) < 4.78 is 0.840. The van der Waals surface area contributed by atoms with Crippen molar-refractivity contribution in [1.29, 1.82) is 0 Å². The van der Waals surface area contributed by atoms with Gasteiger partial charge in [-0.15, -0.1) is 0 Å². The molecule has 3 aromatic rings. The number of ketones is 2. The number of benzene rings is 3. The van der Waals surface area contributed by atoms with Gasteiger partial charge < -0.3 is 10.2 Å². The number of fused-ring (bicyclic) bond motifs is 6. The van der Waals surface area contributed by atoms with Crippen LogP contribution in [-0.4, -0.2) is 29.6 Å². The molecule has 192 valence electrons. The van der Waals surface area contributed by atoms with E-state index in [4.69, 9.17) is 11.6 Å². The summed E-state index contributed by atoms with van der Waals surface area (Å²) in [4.78, 5) is 45.2. The number of nitrogens with one attached hydrogen (secondary N) is 1. The Hall–Kier alpha value is -3.22. The summed E-state index contributed by atoms with van der Waals surface area (Å²) >= 11 is 9.78. The van der Waals surface area contributed by atoms with Gasteiger partial charge in [0.2, 0.25) is 5.91 Å². The number of Topliss-reactive ketones (excluding diaryl/α,β-unsaturated/α-hetero) is 2. The molecule has 1 N–H and O–H groups in total. The lowest BCUT2D eigenvalue weighted by molar-refractivity contribution is -0.128. The monoisotopic (exact) mass is 588 g/mol. The van der Waals surface area contributed by atoms with Crippen LogP contribution in [-0.2, 0) is 15.0 Å². The van der Waals surface area contributed by atoms with Gasteiger partial charge in [-0.2, -0.15) is 0 Å². The Labute approximate surface area is 235 Å². The summed E-state index contributed by atoms with van der Waals surface area (Å²) in [7, 11) is 0. The molecule has 1 amide bonds. The number of carbonyl (C=O) groups excluding carboxylic acids is 3. The van der Waals surface area contributed by atoms with Gasteiger partial charge in [0.05, 0.1) is 12.0 Å². The highest BCUT2D eigenvalue weighted by Gasteiger charge is 2.70. The predicted molar refractivity (Wildman–Crippen MR) is 154 cm³/mol. The second kappa shape index (κ2) is 8.65. The first kappa shape index (κ1) is 25.1. The van der Waals surface area contributed by atoms with Crippen LogP contribution in [0, 0.1) is 11.3 Å². The highest BCUT2D eigenvalue weighted by molar-refractivity contribution is 9.10. The van der Waals surface area contributed by atoms with E-state index in [0.29, 0.717) is 16.3 Å². The van der Waals surface area contributed by atoms with E-state index in [-0.39, 0.29) is 17.5 Å². The van der Waals surface area contributed by atoms with Gasteiger partial charge in [-0.3, -0.25) is 14.4 Å². The molecule has 0 bridgehead atoms. The third-order valence-electron chi connectivity index (χ3n) is 8.01. The van der Waals surface area contributed by atoms with Gasteiger partial charge in [0.1, 0.15) is 11.5 Å². The first-order valence-corrected chi connectivity index (χ1v) is 13.7. The first-order valence-electron chi connectivity index (χ1n) is 12.6. The molecule has 3 aromatic carbocycles. The molecule has 1 spiro atoms. The Kier molecular flexibility index (Phi) is 5.71. The molecule has 1 saturated heterocycles. The van der Waals surface area contributed by atoms with Gasteiger partial charge in [0.25, 0.3) is 0 Å². The highest BCUT2D eigenvalue weighted by atomic mass is 79.9. The Morgan fingerprint density at radius 2 is 1.74 bits per heavy atom. The molecule has 6 rings (SSSR count). The van der Waals surface area contributed by atoms with Crippen LogP contribution in [0.4, 0.5) is 11.4 Å². The molecule has 0 saturated carbocycles. The number of hydrogen-bond acceptors (Lipinski definition) is 4. The van der Waals surface area contributed by atoms with Crippen molar-refractivity contribution >= 4 is 62.5 Å². The maximum absolute atomic E-state index is 14.6. The molecule has 0 aliphatic carbocycles. The van der Waals surface area contributed by atoms with Crippen molar-refractivity contribution in [3.05, 3.63) is 99.0 Å². The molecule has 0 radical (unpaired) electrons.